The lowest BCUT2D eigenvalue weighted by molar-refractivity contribution is -0.125. The van der Waals surface area contributed by atoms with E-state index in [1.54, 1.807) is 18.2 Å². The summed E-state index contributed by atoms with van der Waals surface area (Å²) < 4.78 is 5.86. The van der Waals surface area contributed by atoms with Gasteiger partial charge in [0.2, 0.25) is 0 Å². The Morgan fingerprint density at radius 3 is 2.69 bits per heavy atom. The van der Waals surface area contributed by atoms with E-state index < -0.39 is 24.0 Å². The van der Waals surface area contributed by atoms with Crippen molar-refractivity contribution in [3.63, 3.8) is 0 Å². The minimum atomic E-state index is -0.853. The first-order valence-electron chi connectivity index (χ1n) is 8.21. The Bertz CT molecular complexity index is 898. The lowest BCUT2D eigenvalue weighted by Crippen LogP contribution is -2.50. The normalized spacial score (nSPS) is 16.0. The van der Waals surface area contributed by atoms with Gasteiger partial charge in [-0.1, -0.05) is 48.5 Å². The van der Waals surface area contributed by atoms with Crippen molar-refractivity contribution in [3.8, 4) is 6.07 Å². The average molecular weight is 411 g/mol. The molecule has 0 bridgehead atoms. The van der Waals surface area contributed by atoms with Crippen molar-refractivity contribution in [2.24, 2.45) is 0 Å². The summed E-state index contributed by atoms with van der Waals surface area (Å²) in [5.41, 5.74) is -0.853. The van der Waals surface area contributed by atoms with Crippen LogP contribution in [0.2, 0.25) is 10.0 Å². The van der Waals surface area contributed by atoms with Gasteiger partial charge in [-0.05, 0) is 25.0 Å². The van der Waals surface area contributed by atoms with Crippen molar-refractivity contribution < 1.29 is 14.3 Å². The summed E-state index contributed by atoms with van der Waals surface area (Å²) in [5.74, 6) is -1.15. The number of esters is 1. The van der Waals surface area contributed by atoms with Gasteiger partial charge in [0.15, 0.2) is 6.61 Å². The first-order valence-corrected chi connectivity index (χ1v) is 9.78. The van der Waals surface area contributed by atoms with E-state index in [2.05, 4.69) is 11.4 Å². The number of carbonyl (C=O) groups is 2. The third-order valence-corrected chi connectivity index (χ3v) is 6.28. The third-order valence-electron chi connectivity index (χ3n) is 4.41. The predicted molar refractivity (Wildman–Crippen MR) is 102 cm³/mol. The van der Waals surface area contributed by atoms with Crippen molar-refractivity contribution in [1.82, 2.24) is 5.32 Å². The zero-order chi connectivity index (χ0) is 18.7. The molecule has 1 aromatic heterocycles. The first kappa shape index (κ1) is 19.0. The average Bonchev–Trinajstić information content (AvgIpc) is 2.96. The predicted octanol–water partition coefficient (Wildman–Crippen LogP) is 4.71. The van der Waals surface area contributed by atoms with Crippen LogP contribution in [0.25, 0.3) is 10.1 Å². The van der Waals surface area contributed by atoms with Crippen LogP contribution in [0, 0.1) is 11.3 Å². The lowest BCUT2D eigenvalue weighted by Gasteiger charge is -2.31. The fraction of sp³-hybridized carbons (Fsp3) is 0.389. The van der Waals surface area contributed by atoms with E-state index in [0.717, 1.165) is 35.3 Å². The van der Waals surface area contributed by atoms with Crippen LogP contribution >= 0.6 is 34.5 Å². The summed E-state index contributed by atoms with van der Waals surface area (Å²) in [5, 5.41) is 13.6. The third kappa shape index (κ3) is 3.96. The van der Waals surface area contributed by atoms with E-state index in [-0.39, 0.29) is 9.90 Å². The van der Waals surface area contributed by atoms with Gasteiger partial charge in [-0.3, -0.25) is 4.79 Å². The topological polar surface area (TPSA) is 79.2 Å². The Labute approximate surface area is 164 Å². The number of amides is 1. The van der Waals surface area contributed by atoms with E-state index >= 15 is 0 Å². The van der Waals surface area contributed by atoms with E-state index in [4.69, 9.17) is 27.9 Å². The fourth-order valence-electron chi connectivity index (χ4n) is 3.09. The van der Waals surface area contributed by atoms with Gasteiger partial charge in [0.25, 0.3) is 5.91 Å². The highest BCUT2D eigenvalue weighted by molar-refractivity contribution is 7.21. The molecule has 5 nitrogen and oxygen atoms in total. The lowest BCUT2D eigenvalue weighted by atomic mass is 9.83. The van der Waals surface area contributed by atoms with Crippen LogP contribution in [0.1, 0.15) is 41.8 Å². The van der Waals surface area contributed by atoms with Crippen molar-refractivity contribution in [2.45, 2.75) is 37.6 Å². The molecule has 8 heteroatoms. The number of carbonyl (C=O) groups excluding carboxylic acids is 2. The molecule has 136 valence electrons. The number of rotatable bonds is 4. The summed E-state index contributed by atoms with van der Waals surface area (Å²) >= 11 is 13.4. The number of nitrogens with zero attached hydrogens (tertiary/aromatic N) is 1. The highest BCUT2D eigenvalue weighted by Gasteiger charge is 2.33. The van der Waals surface area contributed by atoms with Gasteiger partial charge in [-0.15, -0.1) is 11.3 Å². The van der Waals surface area contributed by atoms with Crippen LogP contribution in [0.15, 0.2) is 18.2 Å². The molecule has 1 N–H and O–H groups in total. The van der Waals surface area contributed by atoms with Crippen LogP contribution < -0.4 is 5.32 Å². The molecule has 1 amide bonds. The highest BCUT2D eigenvalue weighted by atomic mass is 35.5. The van der Waals surface area contributed by atoms with Gasteiger partial charge in [-0.25, -0.2) is 4.79 Å². The molecule has 0 atom stereocenters. The molecule has 0 spiro atoms. The monoisotopic (exact) mass is 410 g/mol. The number of ether oxygens (including phenoxy) is 1. The Kier molecular flexibility index (Phi) is 5.71. The SMILES string of the molecule is N#CC1(NC(=O)COC(=O)c2sc3cc(Cl)ccc3c2Cl)CCCCC1. The standard InChI is InChI=1S/C18H16Cl2N2O3S/c19-11-4-5-12-13(8-11)26-16(15(12)20)17(24)25-9-14(23)22-18(10-21)6-2-1-3-7-18/h4-5,8H,1-3,6-7,9H2,(H,22,23). The zero-order valence-electron chi connectivity index (χ0n) is 13.8. The second-order valence-electron chi connectivity index (χ2n) is 6.26. The van der Waals surface area contributed by atoms with E-state index in [1.807, 2.05) is 0 Å². The molecular formula is C18H16Cl2N2O3S. The summed E-state index contributed by atoms with van der Waals surface area (Å²) in [7, 11) is 0. The number of nitriles is 1. The number of nitrogens with one attached hydrogen (secondary N) is 1. The van der Waals surface area contributed by atoms with E-state index in [0.29, 0.717) is 23.3 Å². The van der Waals surface area contributed by atoms with Gasteiger partial charge in [0.05, 0.1) is 11.1 Å². The molecule has 0 saturated heterocycles. The summed E-state index contributed by atoms with van der Waals surface area (Å²) in [6.07, 6.45) is 4.09. The molecule has 26 heavy (non-hydrogen) atoms. The Hall–Kier alpha value is -1.81. The highest BCUT2D eigenvalue weighted by Crippen LogP contribution is 2.37. The van der Waals surface area contributed by atoms with Crippen LogP contribution in [0.3, 0.4) is 0 Å². The number of hydrogen-bond donors (Lipinski definition) is 1. The van der Waals surface area contributed by atoms with Gasteiger partial charge < -0.3 is 10.1 Å². The van der Waals surface area contributed by atoms with Gasteiger partial charge >= 0.3 is 5.97 Å². The number of hydrogen-bond acceptors (Lipinski definition) is 5. The van der Waals surface area contributed by atoms with Crippen LogP contribution in [-0.4, -0.2) is 24.0 Å². The van der Waals surface area contributed by atoms with Crippen LogP contribution in [-0.2, 0) is 9.53 Å². The molecular weight excluding hydrogens is 395 g/mol. The zero-order valence-corrected chi connectivity index (χ0v) is 16.1. The van der Waals surface area contributed by atoms with Gasteiger partial charge in [0.1, 0.15) is 10.4 Å². The van der Waals surface area contributed by atoms with Crippen LogP contribution in [0.4, 0.5) is 0 Å². The molecule has 1 fully saturated rings. The number of thiophene rings is 1. The van der Waals surface area contributed by atoms with Gasteiger partial charge in [0, 0.05) is 15.1 Å². The summed E-state index contributed by atoms with van der Waals surface area (Å²) in [6, 6.07) is 7.34. The second-order valence-corrected chi connectivity index (χ2v) is 8.13. The maximum Gasteiger partial charge on any atom is 0.350 e. The maximum absolute atomic E-state index is 12.3. The summed E-state index contributed by atoms with van der Waals surface area (Å²) in [6.45, 7) is -0.451. The molecule has 2 aromatic rings. The minimum absolute atomic E-state index is 0.226. The molecule has 1 saturated carbocycles. The maximum atomic E-state index is 12.3. The number of fused-ring (bicyclic) bond motifs is 1. The molecule has 1 aromatic carbocycles. The first-order chi connectivity index (χ1) is 12.4. The number of halogens is 2. The number of benzene rings is 1. The van der Waals surface area contributed by atoms with Crippen molar-refractivity contribution in [3.05, 3.63) is 33.1 Å². The van der Waals surface area contributed by atoms with Crippen molar-refractivity contribution in [1.29, 1.82) is 5.26 Å². The smallest absolute Gasteiger partial charge is 0.350 e. The molecule has 1 aliphatic carbocycles. The summed E-state index contributed by atoms with van der Waals surface area (Å²) in [4.78, 5) is 24.6. The van der Waals surface area contributed by atoms with E-state index in [1.165, 1.54) is 0 Å². The molecule has 0 aliphatic heterocycles. The second kappa shape index (κ2) is 7.83. The minimum Gasteiger partial charge on any atom is -0.451 e. The van der Waals surface area contributed by atoms with Crippen molar-refractivity contribution in [2.75, 3.05) is 6.61 Å². The molecule has 0 radical (unpaired) electrons. The molecule has 1 heterocycles. The Morgan fingerprint density at radius 2 is 2.00 bits per heavy atom. The van der Waals surface area contributed by atoms with Gasteiger partial charge in [-0.2, -0.15) is 5.26 Å². The molecule has 0 unspecified atom stereocenters. The Morgan fingerprint density at radius 1 is 1.27 bits per heavy atom. The largest absolute Gasteiger partial charge is 0.451 e. The van der Waals surface area contributed by atoms with Crippen LogP contribution in [0.5, 0.6) is 0 Å². The van der Waals surface area contributed by atoms with E-state index in [9.17, 15) is 14.9 Å². The molecule has 3 rings (SSSR count). The molecule has 1 aliphatic rings. The Balaban J connectivity index is 1.64. The quantitative estimate of drug-likeness (QED) is 0.740. The van der Waals surface area contributed by atoms with Crippen molar-refractivity contribution >= 4 is 56.5 Å². The fourth-order valence-corrected chi connectivity index (χ4v) is 4.77.